The van der Waals surface area contributed by atoms with E-state index in [1.54, 1.807) is 0 Å². The van der Waals surface area contributed by atoms with Crippen LogP contribution in [0.1, 0.15) is 5.82 Å². The second kappa shape index (κ2) is 4.78. The molecule has 3 rings (SSSR count). The molecule has 18 heavy (non-hydrogen) atoms. The van der Waals surface area contributed by atoms with E-state index < -0.39 is 0 Å². The minimum Gasteiger partial charge on any atom is -0.308 e. The molecule has 2 aromatic rings. The van der Waals surface area contributed by atoms with Gasteiger partial charge in [-0.25, -0.2) is 9.66 Å². The Kier molecular flexibility index (Phi) is 3.14. The number of fused-ring (bicyclic) bond motifs is 1. The highest BCUT2D eigenvalue weighted by molar-refractivity contribution is 6.16. The largest absolute Gasteiger partial charge is 0.308 e. The summed E-state index contributed by atoms with van der Waals surface area (Å²) < 4.78 is 2.19. The molecule has 0 N–H and O–H groups in total. The second-order valence-electron chi connectivity index (χ2n) is 4.72. The van der Waals surface area contributed by atoms with Gasteiger partial charge in [0.25, 0.3) is 0 Å². The number of hydrogen-bond acceptors (Lipinski definition) is 3. The summed E-state index contributed by atoms with van der Waals surface area (Å²) in [7, 11) is 2.16. The van der Waals surface area contributed by atoms with Gasteiger partial charge in [-0.1, -0.05) is 12.1 Å². The second-order valence-corrected chi connectivity index (χ2v) is 4.99. The number of rotatable bonds is 2. The SMILES string of the molecule is CN1CCN(n2c(CCl)nc3ccccc32)CC1. The van der Waals surface area contributed by atoms with Crippen molar-refractivity contribution in [2.45, 2.75) is 5.88 Å². The molecule has 5 heteroatoms. The highest BCUT2D eigenvalue weighted by Crippen LogP contribution is 2.18. The molecule has 0 amide bonds. The molecule has 4 nitrogen and oxygen atoms in total. The van der Waals surface area contributed by atoms with Gasteiger partial charge in [0.15, 0.2) is 0 Å². The lowest BCUT2D eigenvalue weighted by Gasteiger charge is -2.35. The van der Waals surface area contributed by atoms with Gasteiger partial charge in [0, 0.05) is 26.2 Å². The zero-order valence-corrected chi connectivity index (χ0v) is 11.3. The number of nitrogens with zero attached hydrogens (tertiary/aromatic N) is 4. The highest BCUT2D eigenvalue weighted by Gasteiger charge is 2.19. The fourth-order valence-corrected chi connectivity index (χ4v) is 2.63. The van der Waals surface area contributed by atoms with Crippen molar-refractivity contribution < 1.29 is 0 Å². The molecule has 96 valence electrons. The van der Waals surface area contributed by atoms with E-state index in [0.717, 1.165) is 43.0 Å². The Morgan fingerprint density at radius 2 is 1.89 bits per heavy atom. The molecule has 0 unspecified atom stereocenters. The first-order valence-electron chi connectivity index (χ1n) is 6.25. The maximum atomic E-state index is 6.03. The maximum absolute atomic E-state index is 6.03. The van der Waals surface area contributed by atoms with E-state index in [1.165, 1.54) is 0 Å². The third kappa shape index (κ3) is 1.95. The topological polar surface area (TPSA) is 24.3 Å². The number of hydrogen-bond donors (Lipinski definition) is 0. The van der Waals surface area contributed by atoms with E-state index in [2.05, 4.69) is 38.7 Å². The van der Waals surface area contributed by atoms with Crippen LogP contribution >= 0.6 is 11.6 Å². The highest BCUT2D eigenvalue weighted by atomic mass is 35.5. The van der Waals surface area contributed by atoms with Crippen LogP contribution in [-0.4, -0.2) is 47.8 Å². The van der Waals surface area contributed by atoms with Crippen molar-refractivity contribution in [1.29, 1.82) is 0 Å². The molecule has 0 spiro atoms. The number of likely N-dealkylation sites (N-methyl/N-ethyl adjacent to an activating group) is 1. The average Bonchev–Trinajstić information content (AvgIpc) is 2.78. The molecule has 1 aliphatic heterocycles. The Morgan fingerprint density at radius 1 is 1.17 bits per heavy atom. The van der Waals surface area contributed by atoms with Crippen molar-refractivity contribution in [1.82, 2.24) is 14.6 Å². The molecule has 0 atom stereocenters. The van der Waals surface area contributed by atoms with Crippen molar-refractivity contribution in [2.24, 2.45) is 0 Å². The number of benzene rings is 1. The standard InChI is InChI=1S/C13H17ClN4/c1-16-6-8-17(9-7-16)18-12-5-3-2-4-11(12)15-13(18)10-14/h2-5H,6-10H2,1H3. The molecule has 0 bridgehead atoms. The summed E-state index contributed by atoms with van der Waals surface area (Å²) >= 11 is 6.03. The number of piperazine rings is 1. The first-order valence-corrected chi connectivity index (χ1v) is 6.79. The van der Waals surface area contributed by atoms with Gasteiger partial charge in [-0.05, 0) is 19.2 Å². The van der Waals surface area contributed by atoms with Crippen LogP contribution in [0.2, 0.25) is 0 Å². The van der Waals surface area contributed by atoms with E-state index >= 15 is 0 Å². The van der Waals surface area contributed by atoms with Gasteiger partial charge in [0.2, 0.25) is 0 Å². The minimum absolute atomic E-state index is 0.445. The zero-order valence-electron chi connectivity index (χ0n) is 10.5. The van der Waals surface area contributed by atoms with Crippen LogP contribution in [0.25, 0.3) is 11.0 Å². The summed E-state index contributed by atoms with van der Waals surface area (Å²) in [5, 5.41) is 2.34. The molecule has 1 fully saturated rings. The number of halogens is 1. The Bertz CT molecular complexity index is 543. The summed E-state index contributed by atoms with van der Waals surface area (Å²) in [4.78, 5) is 6.94. The number of imidazole rings is 1. The molecule has 0 saturated carbocycles. The van der Waals surface area contributed by atoms with Gasteiger partial charge in [-0.2, -0.15) is 0 Å². The van der Waals surface area contributed by atoms with E-state index in [-0.39, 0.29) is 0 Å². The normalized spacial score (nSPS) is 17.6. The fourth-order valence-electron chi connectivity index (χ4n) is 2.46. The summed E-state index contributed by atoms with van der Waals surface area (Å²) in [5.74, 6) is 1.38. The number of alkyl halides is 1. The van der Waals surface area contributed by atoms with Crippen LogP contribution in [0.15, 0.2) is 24.3 Å². The molecule has 2 heterocycles. The van der Waals surface area contributed by atoms with Crippen LogP contribution in [0, 0.1) is 0 Å². The van der Waals surface area contributed by atoms with Crippen LogP contribution in [-0.2, 0) is 5.88 Å². The Labute approximate surface area is 112 Å². The van der Waals surface area contributed by atoms with Gasteiger partial charge in [0.1, 0.15) is 5.82 Å². The molecule has 1 saturated heterocycles. The number of aromatic nitrogens is 2. The summed E-state index contributed by atoms with van der Waals surface area (Å²) in [6.45, 7) is 4.18. The molecule has 0 aliphatic carbocycles. The van der Waals surface area contributed by atoms with Crippen molar-refractivity contribution in [3.8, 4) is 0 Å². The van der Waals surface area contributed by atoms with E-state index in [1.807, 2.05) is 12.1 Å². The molecule has 1 aromatic heterocycles. The maximum Gasteiger partial charge on any atom is 0.143 e. The third-order valence-corrected chi connectivity index (χ3v) is 3.72. The lowest BCUT2D eigenvalue weighted by molar-refractivity contribution is 0.288. The van der Waals surface area contributed by atoms with Gasteiger partial charge in [-0.15, -0.1) is 11.6 Å². The van der Waals surface area contributed by atoms with E-state index in [4.69, 9.17) is 11.6 Å². The molecule has 0 radical (unpaired) electrons. The van der Waals surface area contributed by atoms with E-state index in [9.17, 15) is 0 Å². The van der Waals surface area contributed by atoms with Crippen LogP contribution in [0.4, 0.5) is 0 Å². The molecule has 1 aliphatic rings. The molecular formula is C13H17ClN4. The van der Waals surface area contributed by atoms with Gasteiger partial charge in [0.05, 0.1) is 16.9 Å². The Morgan fingerprint density at radius 3 is 2.61 bits per heavy atom. The quantitative estimate of drug-likeness (QED) is 0.771. The predicted octanol–water partition coefficient (Wildman–Crippen LogP) is 1.66. The monoisotopic (exact) mass is 264 g/mol. The first kappa shape index (κ1) is 11.8. The van der Waals surface area contributed by atoms with Crippen molar-refractivity contribution in [3.63, 3.8) is 0 Å². The number of para-hydroxylation sites is 2. The Balaban J connectivity index is 2.04. The van der Waals surface area contributed by atoms with E-state index in [0.29, 0.717) is 5.88 Å². The zero-order chi connectivity index (χ0) is 12.5. The van der Waals surface area contributed by atoms with Crippen LogP contribution in [0.3, 0.4) is 0 Å². The summed E-state index contributed by atoms with van der Waals surface area (Å²) in [5.41, 5.74) is 2.17. The van der Waals surface area contributed by atoms with Crippen LogP contribution < -0.4 is 5.01 Å². The van der Waals surface area contributed by atoms with Crippen molar-refractivity contribution in [3.05, 3.63) is 30.1 Å². The fraction of sp³-hybridized carbons (Fsp3) is 0.462. The van der Waals surface area contributed by atoms with Gasteiger partial charge < -0.3 is 9.91 Å². The lowest BCUT2D eigenvalue weighted by Crippen LogP contribution is -2.50. The smallest absolute Gasteiger partial charge is 0.143 e. The Hall–Kier alpha value is -1.26. The third-order valence-electron chi connectivity index (χ3n) is 3.49. The molecular weight excluding hydrogens is 248 g/mol. The molecule has 1 aromatic carbocycles. The van der Waals surface area contributed by atoms with Gasteiger partial charge >= 0.3 is 0 Å². The predicted molar refractivity (Wildman–Crippen MR) is 74.7 cm³/mol. The lowest BCUT2D eigenvalue weighted by atomic mass is 10.3. The van der Waals surface area contributed by atoms with Crippen molar-refractivity contribution in [2.75, 3.05) is 38.2 Å². The summed E-state index contributed by atoms with van der Waals surface area (Å²) in [6.07, 6.45) is 0. The average molecular weight is 265 g/mol. The first-order chi connectivity index (χ1) is 8.79. The van der Waals surface area contributed by atoms with Crippen LogP contribution in [0.5, 0.6) is 0 Å². The van der Waals surface area contributed by atoms with Crippen molar-refractivity contribution >= 4 is 22.6 Å². The minimum atomic E-state index is 0.445. The van der Waals surface area contributed by atoms with Gasteiger partial charge in [-0.3, -0.25) is 0 Å². The summed E-state index contributed by atoms with van der Waals surface area (Å²) in [6, 6.07) is 8.21.